The molecule has 0 unspecified atom stereocenters. The van der Waals surface area contributed by atoms with Crippen molar-refractivity contribution < 1.29 is 9.21 Å². The predicted molar refractivity (Wildman–Crippen MR) is 110 cm³/mol. The fraction of sp³-hybridized carbons (Fsp3) is 0.632. The minimum Gasteiger partial charge on any atom is -0.444 e. The molecule has 2 aromatic rings. The van der Waals surface area contributed by atoms with Gasteiger partial charge in [-0.05, 0) is 32.5 Å². The first-order valence-electron chi connectivity index (χ1n) is 9.42. The number of carbonyl (C=O) groups is 1. The number of aromatic nitrogens is 2. The van der Waals surface area contributed by atoms with E-state index in [0.717, 1.165) is 42.4 Å². The monoisotopic (exact) mass is 408 g/mol. The van der Waals surface area contributed by atoms with Gasteiger partial charge in [-0.3, -0.25) is 4.79 Å². The summed E-state index contributed by atoms with van der Waals surface area (Å²) in [5.41, 5.74) is -0.0366. The highest BCUT2D eigenvalue weighted by molar-refractivity contribution is 8.00. The second-order valence-corrected chi connectivity index (χ2v) is 10.1. The molecule has 148 valence electrons. The molecule has 1 amide bonds. The van der Waals surface area contributed by atoms with E-state index in [1.165, 1.54) is 11.3 Å². The van der Waals surface area contributed by atoms with E-state index in [4.69, 9.17) is 4.42 Å². The first-order valence-corrected chi connectivity index (χ1v) is 11.2. The number of hydrogen-bond acceptors (Lipinski definition) is 7. The van der Waals surface area contributed by atoms with Crippen LogP contribution in [0.25, 0.3) is 0 Å². The summed E-state index contributed by atoms with van der Waals surface area (Å²) in [7, 11) is 0. The van der Waals surface area contributed by atoms with Crippen molar-refractivity contribution in [2.24, 2.45) is 5.92 Å². The molecule has 0 aromatic carbocycles. The van der Waals surface area contributed by atoms with Crippen molar-refractivity contribution in [3.05, 3.63) is 24.0 Å². The van der Waals surface area contributed by atoms with E-state index in [1.807, 2.05) is 0 Å². The van der Waals surface area contributed by atoms with Gasteiger partial charge in [0.25, 0.3) is 0 Å². The molecule has 0 atom stereocenters. The molecule has 1 saturated heterocycles. The van der Waals surface area contributed by atoms with E-state index >= 15 is 0 Å². The third-order valence-corrected chi connectivity index (χ3v) is 6.84. The maximum atomic E-state index is 12.5. The van der Waals surface area contributed by atoms with Gasteiger partial charge >= 0.3 is 0 Å². The lowest BCUT2D eigenvalue weighted by atomic mass is 9.94. The Kier molecular flexibility index (Phi) is 6.60. The summed E-state index contributed by atoms with van der Waals surface area (Å²) in [6.45, 7) is 11.5. The molecule has 0 aliphatic carbocycles. The molecule has 3 heterocycles. The van der Waals surface area contributed by atoms with Gasteiger partial charge in [0, 0.05) is 11.3 Å². The normalized spacial score (nSPS) is 16.6. The van der Waals surface area contributed by atoms with Gasteiger partial charge in [0.15, 0.2) is 5.13 Å². The average molecular weight is 409 g/mol. The van der Waals surface area contributed by atoms with Crippen LogP contribution in [0.4, 0.5) is 5.13 Å². The van der Waals surface area contributed by atoms with Crippen LogP contribution in [0.3, 0.4) is 0 Å². The largest absolute Gasteiger partial charge is 0.444 e. The number of oxazole rings is 1. The molecule has 1 aliphatic rings. The first kappa shape index (κ1) is 20.4. The highest BCUT2D eigenvalue weighted by atomic mass is 32.2. The Balaban J connectivity index is 1.48. The van der Waals surface area contributed by atoms with Gasteiger partial charge in [-0.2, -0.15) is 0 Å². The lowest BCUT2D eigenvalue weighted by molar-refractivity contribution is -0.121. The highest BCUT2D eigenvalue weighted by Crippen LogP contribution is 2.32. The topological polar surface area (TPSA) is 71.3 Å². The van der Waals surface area contributed by atoms with Crippen LogP contribution in [-0.2, 0) is 16.0 Å². The number of thiazole rings is 1. The third kappa shape index (κ3) is 5.56. The molecule has 1 N–H and O–H groups in total. The molecule has 27 heavy (non-hydrogen) atoms. The summed E-state index contributed by atoms with van der Waals surface area (Å²) >= 11 is 3.13. The number of amides is 1. The number of hydrogen-bond donors (Lipinski definition) is 1. The van der Waals surface area contributed by atoms with E-state index in [-0.39, 0.29) is 17.2 Å². The SMILES string of the molecule is CCN1CCC(C(=O)Nc2ncc(SCc3ncc(C(C)(C)C)o3)s2)CC1. The number of carbonyl (C=O) groups excluding carboxylic acids is 1. The average Bonchev–Trinajstić information content (AvgIpc) is 3.29. The summed E-state index contributed by atoms with van der Waals surface area (Å²) in [6.07, 6.45) is 5.45. The van der Waals surface area contributed by atoms with Crippen molar-refractivity contribution in [3.63, 3.8) is 0 Å². The van der Waals surface area contributed by atoms with Crippen LogP contribution >= 0.6 is 23.1 Å². The first-order chi connectivity index (χ1) is 12.8. The lowest BCUT2D eigenvalue weighted by Gasteiger charge is -2.29. The van der Waals surface area contributed by atoms with Crippen LogP contribution in [0.5, 0.6) is 0 Å². The maximum Gasteiger partial charge on any atom is 0.229 e. The van der Waals surface area contributed by atoms with E-state index in [1.54, 1.807) is 24.2 Å². The Labute approximate surface area is 169 Å². The van der Waals surface area contributed by atoms with Crippen LogP contribution in [0, 0.1) is 5.92 Å². The van der Waals surface area contributed by atoms with Crippen molar-refractivity contribution in [1.29, 1.82) is 0 Å². The Bertz CT molecular complexity index is 758. The Morgan fingerprint density at radius 1 is 1.33 bits per heavy atom. The smallest absolute Gasteiger partial charge is 0.229 e. The van der Waals surface area contributed by atoms with Crippen LogP contribution < -0.4 is 5.32 Å². The van der Waals surface area contributed by atoms with Gasteiger partial charge in [-0.15, -0.1) is 11.8 Å². The Hall–Kier alpha value is -1.38. The molecule has 1 aliphatic heterocycles. The molecule has 8 heteroatoms. The van der Waals surface area contributed by atoms with Crippen LogP contribution in [-0.4, -0.2) is 40.4 Å². The Morgan fingerprint density at radius 2 is 2.07 bits per heavy atom. The molecule has 1 fully saturated rings. The second kappa shape index (κ2) is 8.75. The molecule has 0 radical (unpaired) electrons. The number of nitrogens with one attached hydrogen (secondary N) is 1. The summed E-state index contributed by atoms with van der Waals surface area (Å²) in [6, 6.07) is 0. The molecule has 2 aromatic heterocycles. The fourth-order valence-electron chi connectivity index (χ4n) is 2.96. The predicted octanol–water partition coefficient (Wildman–Crippen LogP) is 4.39. The van der Waals surface area contributed by atoms with Crippen molar-refractivity contribution >= 4 is 34.1 Å². The second-order valence-electron chi connectivity index (χ2n) is 7.84. The zero-order chi connectivity index (χ0) is 19.4. The molecule has 3 rings (SSSR count). The lowest BCUT2D eigenvalue weighted by Crippen LogP contribution is -2.37. The number of rotatable bonds is 6. The summed E-state index contributed by atoms with van der Waals surface area (Å²) < 4.78 is 6.86. The van der Waals surface area contributed by atoms with Gasteiger partial charge in [0.2, 0.25) is 11.8 Å². The zero-order valence-corrected chi connectivity index (χ0v) is 18.1. The zero-order valence-electron chi connectivity index (χ0n) is 16.4. The van der Waals surface area contributed by atoms with Gasteiger partial charge in [0.1, 0.15) is 5.76 Å². The molecular formula is C19H28N4O2S2. The van der Waals surface area contributed by atoms with E-state index < -0.39 is 0 Å². The molecular weight excluding hydrogens is 380 g/mol. The van der Waals surface area contributed by atoms with Gasteiger partial charge < -0.3 is 14.6 Å². The van der Waals surface area contributed by atoms with Gasteiger partial charge in [-0.1, -0.05) is 39.0 Å². The van der Waals surface area contributed by atoms with E-state index in [9.17, 15) is 4.79 Å². The van der Waals surface area contributed by atoms with Gasteiger partial charge in [0.05, 0.1) is 22.4 Å². The third-order valence-electron chi connectivity index (χ3n) is 4.75. The van der Waals surface area contributed by atoms with Crippen LogP contribution in [0.15, 0.2) is 21.0 Å². The molecule has 0 spiro atoms. The number of thioether (sulfide) groups is 1. The number of anilines is 1. The van der Waals surface area contributed by atoms with Crippen molar-refractivity contribution in [1.82, 2.24) is 14.9 Å². The summed E-state index contributed by atoms with van der Waals surface area (Å²) in [5.74, 6) is 2.45. The van der Waals surface area contributed by atoms with Crippen molar-refractivity contribution in [3.8, 4) is 0 Å². The fourth-order valence-corrected chi connectivity index (χ4v) is 4.69. The number of likely N-dealkylation sites (tertiary alicyclic amines) is 1. The maximum absolute atomic E-state index is 12.5. The van der Waals surface area contributed by atoms with Crippen molar-refractivity contribution in [2.45, 2.75) is 55.9 Å². The summed E-state index contributed by atoms with van der Waals surface area (Å²) in [4.78, 5) is 23.5. The molecule has 6 nitrogen and oxygen atoms in total. The van der Waals surface area contributed by atoms with E-state index in [2.05, 4.69) is 47.9 Å². The molecule has 0 bridgehead atoms. The van der Waals surface area contributed by atoms with Crippen molar-refractivity contribution in [2.75, 3.05) is 25.0 Å². The highest BCUT2D eigenvalue weighted by Gasteiger charge is 2.25. The van der Waals surface area contributed by atoms with Gasteiger partial charge in [-0.25, -0.2) is 9.97 Å². The Morgan fingerprint density at radius 3 is 2.70 bits per heavy atom. The summed E-state index contributed by atoms with van der Waals surface area (Å²) in [5, 5.41) is 3.65. The van der Waals surface area contributed by atoms with Crippen LogP contribution in [0.2, 0.25) is 0 Å². The van der Waals surface area contributed by atoms with Crippen LogP contribution in [0.1, 0.15) is 52.2 Å². The number of piperidine rings is 1. The standard InChI is InChI=1S/C19H28N4O2S2/c1-5-23-8-6-13(7-9-23)17(24)22-18-21-11-16(27-18)26-12-15-20-10-14(25-15)19(2,3)4/h10-11,13H,5-9,12H2,1-4H3,(H,21,22,24). The number of nitrogens with zero attached hydrogens (tertiary/aromatic N) is 3. The minimum atomic E-state index is -0.0366. The molecule has 0 saturated carbocycles. The minimum absolute atomic E-state index is 0.0366. The van der Waals surface area contributed by atoms with E-state index in [0.29, 0.717) is 16.8 Å². The quantitative estimate of drug-likeness (QED) is 0.715.